The molecule has 0 saturated carbocycles. The van der Waals surface area contributed by atoms with Crippen molar-refractivity contribution in [1.82, 2.24) is 4.98 Å². The highest BCUT2D eigenvalue weighted by Crippen LogP contribution is 2.37. The lowest BCUT2D eigenvalue weighted by Crippen LogP contribution is -1.94. The number of thiazole rings is 1. The number of nitrogens with zero attached hydrogens (tertiary/aromatic N) is 1. The highest BCUT2D eigenvalue weighted by Gasteiger charge is 2.17. The number of rotatable bonds is 2. The summed E-state index contributed by atoms with van der Waals surface area (Å²) in [4.78, 5) is 15.7. The van der Waals surface area contributed by atoms with E-state index in [1.54, 1.807) is 18.2 Å². The van der Waals surface area contributed by atoms with Gasteiger partial charge in [-0.05, 0) is 44.2 Å². The van der Waals surface area contributed by atoms with Crippen molar-refractivity contribution in [3.05, 3.63) is 53.1 Å². The molecule has 4 aromatic rings. The van der Waals surface area contributed by atoms with Crippen LogP contribution in [0.3, 0.4) is 0 Å². The number of hydrogen-bond donors (Lipinski definition) is 1. The standard InChI is InChI=1S/C18H13NO3S/c1-9-3-6-14-12(7-9)10(2)16(22-14)17-19-13-5-4-11(18(20)21)8-15(13)23-17/h3-8H,1-2H3,(H,20,21). The van der Waals surface area contributed by atoms with Gasteiger partial charge in [-0.3, -0.25) is 0 Å². The molecule has 4 rings (SSSR count). The molecular weight excluding hydrogens is 310 g/mol. The van der Waals surface area contributed by atoms with Crippen LogP contribution in [0.2, 0.25) is 0 Å². The van der Waals surface area contributed by atoms with E-state index in [1.807, 2.05) is 19.1 Å². The SMILES string of the molecule is Cc1ccc2oc(-c3nc4ccc(C(=O)O)cc4s3)c(C)c2c1. The van der Waals surface area contributed by atoms with Gasteiger partial charge in [0.1, 0.15) is 5.58 Å². The molecule has 114 valence electrons. The number of aromatic carboxylic acids is 1. The molecule has 0 spiro atoms. The molecule has 0 radical (unpaired) electrons. The Labute approximate surface area is 136 Å². The van der Waals surface area contributed by atoms with Crippen molar-refractivity contribution in [1.29, 1.82) is 0 Å². The monoisotopic (exact) mass is 323 g/mol. The van der Waals surface area contributed by atoms with Crippen LogP contribution in [0.4, 0.5) is 0 Å². The zero-order valence-corrected chi connectivity index (χ0v) is 13.4. The van der Waals surface area contributed by atoms with Crippen LogP contribution in [0.1, 0.15) is 21.5 Å². The second-order valence-electron chi connectivity index (χ2n) is 5.56. The average molecular weight is 323 g/mol. The first-order valence-corrected chi connectivity index (χ1v) is 7.98. The molecule has 0 bridgehead atoms. The van der Waals surface area contributed by atoms with Gasteiger partial charge in [0.25, 0.3) is 0 Å². The second-order valence-corrected chi connectivity index (χ2v) is 6.59. The number of furan rings is 1. The maximum absolute atomic E-state index is 11.1. The van der Waals surface area contributed by atoms with Crippen molar-refractivity contribution in [3.8, 4) is 10.8 Å². The van der Waals surface area contributed by atoms with E-state index < -0.39 is 5.97 Å². The van der Waals surface area contributed by atoms with Gasteiger partial charge < -0.3 is 9.52 Å². The average Bonchev–Trinajstić information content (AvgIpc) is 3.08. The molecule has 1 N–H and O–H groups in total. The van der Waals surface area contributed by atoms with E-state index in [4.69, 9.17) is 9.52 Å². The second kappa shape index (κ2) is 4.93. The third kappa shape index (κ3) is 2.21. The quantitative estimate of drug-likeness (QED) is 0.562. The minimum atomic E-state index is -0.933. The van der Waals surface area contributed by atoms with Gasteiger partial charge in [0.15, 0.2) is 10.8 Å². The first-order chi connectivity index (χ1) is 11.0. The fraction of sp³-hybridized carbons (Fsp3) is 0.111. The number of carboxylic acids is 1. The lowest BCUT2D eigenvalue weighted by Gasteiger charge is -1.92. The van der Waals surface area contributed by atoms with Crippen molar-refractivity contribution in [2.24, 2.45) is 0 Å². The molecular formula is C18H13NO3S. The Kier molecular flexibility index (Phi) is 2.99. The molecule has 2 aromatic heterocycles. The Morgan fingerprint density at radius 1 is 1.17 bits per heavy atom. The van der Waals surface area contributed by atoms with Crippen LogP contribution in [0, 0.1) is 13.8 Å². The minimum absolute atomic E-state index is 0.268. The molecule has 0 saturated heterocycles. The summed E-state index contributed by atoms with van der Waals surface area (Å²) in [5.74, 6) is -0.180. The van der Waals surface area contributed by atoms with Gasteiger partial charge >= 0.3 is 5.97 Å². The Morgan fingerprint density at radius 2 is 2.00 bits per heavy atom. The molecule has 0 aliphatic carbocycles. The summed E-state index contributed by atoms with van der Waals surface area (Å²) in [6.07, 6.45) is 0. The topological polar surface area (TPSA) is 63.3 Å². The molecule has 5 heteroatoms. The largest absolute Gasteiger partial charge is 0.478 e. The smallest absolute Gasteiger partial charge is 0.335 e. The van der Waals surface area contributed by atoms with Crippen LogP contribution in [0.15, 0.2) is 40.8 Å². The lowest BCUT2D eigenvalue weighted by atomic mass is 10.1. The predicted molar refractivity (Wildman–Crippen MR) is 91.3 cm³/mol. The molecule has 2 heterocycles. The number of aromatic nitrogens is 1. The van der Waals surface area contributed by atoms with Gasteiger partial charge in [0.2, 0.25) is 0 Å². The summed E-state index contributed by atoms with van der Waals surface area (Å²) in [5, 5.41) is 11.0. The van der Waals surface area contributed by atoms with E-state index in [1.165, 1.54) is 16.9 Å². The van der Waals surface area contributed by atoms with Gasteiger partial charge in [-0.2, -0.15) is 0 Å². The van der Waals surface area contributed by atoms with E-state index in [9.17, 15) is 4.79 Å². The third-order valence-corrected chi connectivity index (χ3v) is 4.94. The highest BCUT2D eigenvalue weighted by atomic mass is 32.1. The number of hydrogen-bond acceptors (Lipinski definition) is 4. The van der Waals surface area contributed by atoms with Crippen LogP contribution in [0.25, 0.3) is 32.0 Å². The maximum atomic E-state index is 11.1. The van der Waals surface area contributed by atoms with E-state index in [-0.39, 0.29) is 5.56 Å². The lowest BCUT2D eigenvalue weighted by molar-refractivity contribution is 0.0697. The van der Waals surface area contributed by atoms with Gasteiger partial charge in [-0.15, -0.1) is 11.3 Å². The van der Waals surface area contributed by atoms with Crippen LogP contribution < -0.4 is 0 Å². The molecule has 0 amide bonds. The predicted octanol–water partition coefficient (Wildman–Crippen LogP) is 5.02. The number of benzene rings is 2. The van der Waals surface area contributed by atoms with Gasteiger partial charge in [-0.25, -0.2) is 9.78 Å². The van der Waals surface area contributed by atoms with Gasteiger partial charge in [0.05, 0.1) is 15.8 Å². The third-order valence-electron chi connectivity index (χ3n) is 3.92. The summed E-state index contributed by atoms with van der Waals surface area (Å²) in [6.45, 7) is 4.08. The fourth-order valence-electron chi connectivity index (χ4n) is 2.69. The summed E-state index contributed by atoms with van der Waals surface area (Å²) >= 11 is 1.45. The summed E-state index contributed by atoms with van der Waals surface area (Å²) in [7, 11) is 0. The Bertz CT molecular complexity index is 1070. The number of fused-ring (bicyclic) bond motifs is 2. The van der Waals surface area contributed by atoms with Crippen molar-refractivity contribution in [3.63, 3.8) is 0 Å². The minimum Gasteiger partial charge on any atom is -0.478 e. The van der Waals surface area contributed by atoms with Crippen molar-refractivity contribution < 1.29 is 14.3 Å². The maximum Gasteiger partial charge on any atom is 0.335 e. The van der Waals surface area contributed by atoms with E-state index in [0.717, 1.165) is 37.5 Å². The summed E-state index contributed by atoms with van der Waals surface area (Å²) < 4.78 is 6.82. The molecule has 0 unspecified atom stereocenters. The highest BCUT2D eigenvalue weighted by molar-refractivity contribution is 7.21. The molecule has 4 nitrogen and oxygen atoms in total. The fourth-order valence-corrected chi connectivity index (χ4v) is 3.74. The van der Waals surface area contributed by atoms with Crippen LogP contribution in [-0.4, -0.2) is 16.1 Å². The van der Waals surface area contributed by atoms with Crippen LogP contribution >= 0.6 is 11.3 Å². The number of carboxylic acid groups (broad SMARTS) is 1. The Balaban J connectivity index is 1.91. The summed E-state index contributed by atoms with van der Waals surface area (Å²) in [6, 6.07) is 11.1. The van der Waals surface area contributed by atoms with Crippen molar-refractivity contribution >= 4 is 38.5 Å². The number of carbonyl (C=O) groups is 1. The Hall–Kier alpha value is -2.66. The van der Waals surface area contributed by atoms with Gasteiger partial charge in [0, 0.05) is 10.9 Å². The molecule has 0 atom stereocenters. The first-order valence-electron chi connectivity index (χ1n) is 7.17. The molecule has 23 heavy (non-hydrogen) atoms. The summed E-state index contributed by atoms with van der Waals surface area (Å²) in [5.41, 5.74) is 4.13. The molecule has 0 aliphatic heterocycles. The molecule has 0 aliphatic rings. The van der Waals surface area contributed by atoms with E-state index in [2.05, 4.69) is 18.0 Å². The molecule has 2 aromatic carbocycles. The van der Waals surface area contributed by atoms with Crippen molar-refractivity contribution in [2.45, 2.75) is 13.8 Å². The van der Waals surface area contributed by atoms with Crippen molar-refractivity contribution in [2.75, 3.05) is 0 Å². The van der Waals surface area contributed by atoms with Gasteiger partial charge in [-0.1, -0.05) is 11.6 Å². The van der Waals surface area contributed by atoms with Crippen LogP contribution in [-0.2, 0) is 0 Å². The van der Waals surface area contributed by atoms with E-state index >= 15 is 0 Å². The Morgan fingerprint density at radius 3 is 2.78 bits per heavy atom. The van der Waals surface area contributed by atoms with E-state index in [0.29, 0.717) is 0 Å². The zero-order valence-electron chi connectivity index (χ0n) is 12.6. The molecule has 0 fully saturated rings. The normalized spacial score (nSPS) is 11.4. The zero-order chi connectivity index (χ0) is 16.1. The number of aryl methyl sites for hydroxylation is 2. The first kappa shape index (κ1) is 14.0. The van der Waals surface area contributed by atoms with Crippen LogP contribution in [0.5, 0.6) is 0 Å².